The van der Waals surface area contributed by atoms with E-state index in [9.17, 15) is 29.3 Å². The molecule has 1 heterocycles. The summed E-state index contributed by atoms with van der Waals surface area (Å²) >= 11 is 0. The lowest BCUT2D eigenvalue weighted by molar-refractivity contribution is -0.384. The highest BCUT2D eigenvalue weighted by atomic mass is 16.7. The van der Waals surface area contributed by atoms with Crippen LogP contribution in [0.15, 0.2) is 24.3 Å². The van der Waals surface area contributed by atoms with Crippen molar-refractivity contribution in [3.63, 3.8) is 0 Å². The maximum Gasteiger partial charge on any atom is 0.303 e. The highest BCUT2D eigenvalue weighted by molar-refractivity contribution is 5.68. The Morgan fingerprint density at radius 2 is 1.36 bits per heavy atom. The second kappa shape index (κ2) is 11.2. The number of nitrogens with zero attached hydrogens (tertiary/aromatic N) is 1. The summed E-state index contributed by atoms with van der Waals surface area (Å²) in [6.07, 6.45) is -6.69. The van der Waals surface area contributed by atoms with Crippen LogP contribution in [0.4, 0.5) is 5.69 Å². The molecule has 13 heteroatoms. The number of nitro benzene ring substituents is 1. The number of benzene rings is 1. The van der Waals surface area contributed by atoms with Gasteiger partial charge in [-0.3, -0.25) is 29.3 Å². The molecule has 13 nitrogen and oxygen atoms in total. The number of carbonyl (C=O) groups excluding carboxylic acids is 4. The van der Waals surface area contributed by atoms with Gasteiger partial charge in [0.1, 0.15) is 18.5 Å². The molecule has 1 aromatic carbocycles. The number of rotatable bonds is 8. The van der Waals surface area contributed by atoms with Crippen molar-refractivity contribution < 1.29 is 52.5 Å². The molecule has 0 unspecified atom stereocenters. The average molecular weight is 469 g/mol. The molecule has 0 aromatic heterocycles. The summed E-state index contributed by atoms with van der Waals surface area (Å²) in [5.41, 5.74) is -0.191. The molecular weight excluding hydrogens is 446 g/mol. The van der Waals surface area contributed by atoms with E-state index < -0.39 is 66.1 Å². The fourth-order valence-corrected chi connectivity index (χ4v) is 3.06. The van der Waals surface area contributed by atoms with Crippen LogP contribution in [0.5, 0.6) is 5.75 Å². The van der Waals surface area contributed by atoms with Gasteiger partial charge in [-0.05, 0) is 12.1 Å². The molecule has 0 spiro atoms. The normalized spacial score (nSPS) is 24.2. The second-order valence-electron chi connectivity index (χ2n) is 6.94. The summed E-state index contributed by atoms with van der Waals surface area (Å²) in [4.78, 5) is 56.8. The minimum absolute atomic E-state index is 0.0986. The van der Waals surface area contributed by atoms with E-state index in [0.717, 1.165) is 27.7 Å². The molecule has 1 fully saturated rings. The molecule has 0 N–H and O–H groups in total. The lowest BCUT2D eigenvalue weighted by atomic mass is 9.98. The third kappa shape index (κ3) is 7.42. The first-order chi connectivity index (χ1) is 15.5. The van der Waals surface area contributed by atoms with E-state index >= 15 is 0 Å². The van der Waals surface area contributed by atoms with Gasteiger partial charge < -0.3 is 28.4 Å². The molecule has 33 heavy (non-hydrogen) atoms. The summed E-state index contributed by atoms with van der Waals surface area (Å²) in [7, 11) is 0. The quantitative estimate of drug-likeness (QED) is 0.230. The number of hydrogen-bond donors (Lipinski definition) is 0. The Kier molecular flexibility index (Phi) is 8.68. The maximum atomic E-state index is 11.8. The molecule has 1 aromatic rings. The standard InChI is InChI=1S/C20H23NO12/c1-10(22)28-9-16-17(29-11(2)23)18(30-12(3)24)19(31-13(4)25)20(33-16)32-15-7-5-14(6-8-15)21(26)27/h5-8,16-20H,9H2,1-4H3/t16-,17+,18+,19+,20+/m0/s1. The van der Waals surface area contributed by atoms with Crippen molar-refractivity contribution in [1.82, 2.24) is 0 Å². The molecule has 1 aliphatic heterocycles. The third-order valence-electron chi connectivity index (χ3n) is 4.25. The molecule has 0 saturated carbocycles. The van der Waals surface area contributed by atoms with Crippen molar-refractivity contribution >= 4 is 29.6 Å². The summed E-state index contributed by atoms with van der Waals surface area (Å²) in [6.45, 7) is 4.05. The molecule has 0 radical (unpaired) electrons. The van der Waals surface area contributed by atoms with Gasteiger partial charge in [0.15, 0.2) is 12.2 Å². The Labute approximate surface area is 188 Å². The third-order valence-corrected chi connectivity index (χ3v) is 4.25. The van der Waals surface area contributed by atoms with Crippen molar-refractivity contribution in [2.75, 3.05) is 6.61 Å². The van der Waals surface area contributed by atoms with E-state index in [1.165, 1.54) is 24.3 Å². The number of nitro groups is 1. The van der Waals surface area contributed by atoms with Crippen LogP contribution in [0.1, 0.15) is 27.7 Å². The minimum Gasteiger partial charge on any atom is -0.463 e. The number of carbonyl (C=O) groups is 4. The number of hydrogen-bond acceptors (Lipinski definition) is 12. The van der Waals surface area contributed by atoms with Gasteiger partial charge in [-0.1, -0.05) is 0 Å². The predicted octanol–water partition coefficient (Wildman–Crippen LogP) is 1.06. The van der Waals surface area contributed by atoms with Crippen molar-refractivity contribution in [3.05, 3.63) is 34.4 Å². The van der Waals surface area contributed by atoms with Gasteiger partial charge in [0, 0.05) is 39.8 Å². The van der Waals surface area contributed by atoms with Crippen LogP contribution in [0.2, 0.25) is 0 Å². The van der Waals surface area contributed by atoms with Crippen molar-refractivity contribution in [2.45, 2.75) is 58.4 Å². The molecule has 5 atom stereocenters. The van der Waals surface area contributed by atoms with Gasteiger partial charge in [0.25, 0.3) is 5.69 Å². The lowest BCUT2D eigenvalue weighted by Gasteiger charge is -2.43. The van der Waals surface area contributed by atoms with Crippen molar-refractivity contribution in [1.29, 1.82) is 0 Å². The molecule has 180 valence electrons. The predicted molar refractivity (Wildman–Crippen MR) is 106 cm³/mol. The first-order valence-corrected chi connectivity index (χ1v) is 9.69. The van der Waals surface area contributed by atoms with Gasteiger partial charge >= 0.3 is 23.9 Å². The maximum absolute atomic E-state index is 11.8. The van der Waals surface area contributed by atoms with E-state index in [1.54, 1.807) is 0 Å². The number of ether oxygens (including phenoxy) is 6. The zero-order valence-electron chi connectivity index (χ0n) is 18.2. The smallest absolute Gasteiger partial charge is 0.303 e. The van der Waals surface area contributed by atoms with Gasteiger partial charge in [-0.25, -0.2) is 0 Å². The van der Waals surface area contributed by atoms with Gasteiger partial charge in [0.05, 0.1) is 4.92 Å². The lowest BCUT2D eigenvalue weighted by Crippen LogP contribution is -2.63. The molecule has 0 aliphatic carbocycles. The molecule has 2 rings (SSSR count). The van der Waals surface area contributed by atoms with E-state index in [1.807, 2.05) is 0 Å². The van der Waals surface area contributed by atoms with Gasteiger partial charge in [-0.2, -0.15) is 0 Å². The summed E-state index contributed by atoms with van der Waals surface area (Å²) in [6, 6.07) is 4.93. The van der Waals surface area contributed by atoms with Crippen LogP contribution in [-0.2, 0) is 42.9 Å². The Hall–Kier alpha value is -3.74. The Morgan fingerprint density at radius 1 is 0.848 bits per heavy atom. The monoisotopic (exact) mass is 469 g/mol. The van der Waals surface area contributed by atoms with Crippen molar-refractivity contribution in [3.8, 4) is 5.75 Å². The van der Waals surface area contributed by atoms with E-state index in [2.05, 4.69) is 0 Å². The number of non-ortho nitro benzene ring substituents is 1. The van der Waals surface area contributed by atoms with Crippen LogP contribution in [0, 0.1) is 10.1 Å². The molecule has 1 aliphatic rings. The molecule has 1 saturated heterocycles. The van der Waals surface area contributed by atoms with Gasteiger partial charge in [-0.15, -0.1) is 0 Å². The van der Waals surface area contributed by atoms with Crippen LogP contribution >= 0.6 is 0 Å². The second-order valence-corrected chi connectivity index (χ2v) is 6.94. The highest BCUT2D eigenvalue weighted by Crippen LogP contribution is 2.31. The summed E-state index contributed by atoms with van der Waals surface area (Å²) in [5.74, 6) is -2.87. The Morgan fingerprint density at radius 3 is 1.85 bits per heavy atom. The zero-order valence-corrected chi connectivity index (χ0v) is 18.2. The van der Waals surface area contributed by atoms with E-state index in [-0.39, 0.29) is 11.4 Å². The van der Waals surface area contributed by atoms with Crippen LogP contribution in [-0.4, -0.2) is 66.1 Å². The summed E-state index contributed by atoms with van der Waals surface area (Å²) < 4.78 is 32.3. The minimum atomic E-state index is -1.42. The van der Waals surface area contributed by atoms with Crippen LogP contribution in [0.3, 0.4) is 0 Å². The molecule has 0 bridgehead atoms. The number of esters is 4. The molecule has 0 amide bonds. The fourth-order valence-electron chi connectivity index (χ4n) is 3.06. The van der Waals surface area contributed by atoms with E-state index in [0.29, 0.717) is 0 Å². The Bertz CT molecular complexity index is 899. The zero-order chi connectivity index (χ0) is 24.7. The van der Waals surface area contributed by atoms with Crippen LogP contribution in [0.25, 0.3) is 0 Å². The average Bonchev–Trinajstić information content (AvgIpc) is 2.70. The van der Waals surface area contributed by atoms with E-state index in [4.69, 9.17) is 28.4 Å². The topological polar surface area (TPSA) is 167 Å². The first-order valence-electron chi connectivity index (χ1n) is 9.69. The van der Waals surface area contributed by atoms with Crippen molar-refractivity contribution in [2.24, 2.45) is 0 Å². The molecular formula is C20H23NO12. The first kappa shape index (κ1) is 25.5. The highest BCUT2D eigenvalue weighted by Gasteiger charge is 2.53. The SMILES string of the molecule is CC(=O)OC[C@@H]1O[C@@H](Oc2ccc([N+](=O)[O-])cc2)[C@H](OC(C)=O)[C@H](OC(C)=O)[C@@H]1OC(C)=O. The van der Waals surface area contributed by atoms with Gasteiger partial charge in [0.2, 0.25) is 12.4 Å². The van der Waals surface area contributed by atoms with Crippen LogP contribution < -0.4 is 4.74 Å². The fraction of sp³-hybridized carbons (Fsp3) is 0.500. The Balaban J connectivity index is 2.43. The summed E-state index contributed by atoms with van der Waals surface area (Å²) in [5, 5.41) is 10.9. The largest absolute Gasteiger partial charge is 0.463 e.